The second-order valence-corrected chi connectivity index (χ2v) is 3.74. The van der Waals surface area contributed by atoms with Crippen LogP contribution in [0.25, 0.3) is 0 Å². The van der Waals surface area contributed by atoms with Gasteiger partial charge in [-0.3, -0.25) is 0 Å². The first-order valence-corrected chi connectivity index (χ1v) is 5.95. The zero-order valence-corrected chi connectivity index (χ0v) is 10.3. The molecule has 1 aromatic rings. The number of benzene rings is 1. The van der Waals surface area contributed by atoms with E-state index in [1.165, 1.54) is 0 Å². The van der Waals surface area contributed by atoms with E-state index in [0.717, 1.165) is 12.8 Å². The topological polar surface area (TPSA) is 58.9 Å². The molecular weight excluding hydrogens is 219 g/mol. The molecule has 0 heterocycles. The van der Waals surface area contributed by atoms with E-state index >= 15 is 0 Å². The SMILES string of the molecule is CCCOc1cccc(OCCC)c1B(O)O. The summed E-state index contributed by atoms with van der Waals surface area (Å²) in [6.07, 6.45) is 1.72. The Labute approximate surface area is 102 Å². The average molecular weight is 238 g/mol. The molecule has 4 nitrogen and oxygen atoms in total. The van der Waals surface area contributed by atoms with Crippen LogP contribution in [0.4, 0.5) is 0 Å². The molecule has 1 rings (SSSR count). The minimum atomic E-state index is -1.59. The summed E-state index contributed by atoms with van der Waals surface area (Å²) < 4.78 is 10.9. The molecule has 0 aliphatic rings. The number of rotatable bonds is 7. The molecule has 0 radical (unpaired) electrons. The van der Waals surface area contributed by atoms with Crippen molar-refractivity contribution >= 4 is 12.6 Å². The monoisotopic (exact) mass is 238 g/mol. The number of hydrogen-bond donors (Lipinski definition) is 2. The van der Waals surface area contributed by atoms with Gasteiger partial charge in [0.05, 0.1) is 18.7 Å². The Morgan fingerprint density at radius 1 is 1.00 bits per heavy atom. The second-order valence-electron chi connectivity index (χ2n) is 3.74. The summed E-state index contributed by atoms with van der Waals surface area (Å²) >= 11 is 0. The lowest BCUT2D eigenvalue weighted by Crippen LogP contribution is -2.33. The molecule has 2 N–H and O–H groups in total. The van der Waals surface area contributed by atoms with Crippen molar-refractivity contribution in [2.24, 2.45) is 0 Å². The zero-order valence-electron chi connectivity index (χ0n) is 10.3. The Kier molecular flexibility index (Phi) is 5.87. The van der Waals surface area contributed by atoms with Crippen LogP contribution in [0.5, 0.6) is 11.5 Å². The summed E-state index contributed by atoms with van der Waals surface area (Å²) in [5.41, 5.74) is 0.300. The van der Waals surface area contributed by atoms with Crippen molar-refractivity contribution in [2.75, 3.05) is 13.2 Å². The molecule has 0 saturated carbocycles. The molecule has 0 spiro atoms. The van der Waals surface area contributed by atoms with Crippen LogP contribution in [0.1, 0.15) is 26.7 Å². The molecule has 0 bridgehead atoms. The lowest BCUT2D eigenvalue weighted by atomic mass is 9.78. The molecule has 17 heavy (non-hydrogen) atoms. The first-order valence-electron chi connectivity index (χ1n) is 5.95. The fraction of sp³-hybridized carbons (Fsp3) is 0.500. The van der Waals surface area contributed by atoms with Crippen molar-refractivity contribution in [1.29, 1.82) is 0 Å². The fourth-order valence-electron chi connectivity index (χ4n) is 1.45. The van der Waals surface area contributed by atoms with Crippen molar-refractivity contribution < 1.29 is 19.5 Å². The first kappa shape index (κ1) is 13.9. The largest absolute Gasteiger partial charge is 0.496 e. The molecule has 0 amide bonds. The molecule has 0 aromatic heterocycles. The van der Waals surface area contributed by atoms with Crippen molar-refractivity contribution in [3.63, 3.8) is 0 Å². The third kappa shape index (κ3) is 3.95. The van der Waals surface area contributed by atoms with Crippen molar-refractivity contribution in [1.82, 2.24) is 0 Å². The van der Waals surface area contributed by atoms with Crippen molar-refractivity contribution in [3.8, 4) is 11.5 Å². The lowest BCUT2D eigenvalue weighted by molar-refractivity contribution is 0.302. The normalized spacial score (nSPS) is 10.1. The molecule has 1 aromatic carbocycles. The Balaban J connectivity index is 2.95. The maximum absolute atomic E-state index is 9.38. The lowest BCUT2D eigenvalue weighted by Gasteiger charge is -2.15. The van der Waals surface area contributed by atoms with Crippen molar-refractivity contribution in [2.45, 2.75) is 26.7 Å². The van der Waals surface area contributed by atoms with Gasteiger partial charge in [0.15, 0.2) is 0 Å². The highest BCUT2D eigenvalue weighted by Crippen LogP contribution is 2.17. The van der Waals surface area contributed by atoms with Gasteiger partial charge in [0.25, 0.3) is 0 Å². The van der Waals surface area contributed by atoms with Crippen LogP contribution in [0.3, 0.4) is 0 Å². The maximum Gasteiger partial charge on any atom is 0.496 e. The Morgan fingerprint density at radius 2 is 1.47 bits per heavy atom. The summed E-state index contributed by atoms with van der Waals surface area (Å²) in [4.78, 5) is 0. The highest BCUT2D eigenvalue weighted by atomic mass is 16.5. The van der Waals surface area contributed by atoms with E-state index in [-0.39, 0.29) is 0 Å². The van der Waals surface area contributed by atoms with E-state index in [2.05, 4.69) is 0 Å². The third-order valence-electron chi connectivity index (χ3n) is 2.21. The summed E-state index contributed by atoms with van der Waals surface area (Å²) in [6, 6.07) is 5.20. The van der Waals surface area contributed by atoms with Gasteiger partial charge in [-0.2, -0.15) is 0 Å². The predicted octanol–water partition coefficient (Wildman–Crippen LogP) is 0.944. The molecule has 0 fully saturated rings. The van der Waals surface area contributed by atoms with Crippen LogP contribution in [-0.2, 0) is 0 Å². The van der Waals surface area contributed by atoms with E-state index in [1.807, 2.05) is 13.8 Å². The van der Waals surface area contributed by atoms with Gasteiger partial charge in [-0.05, 0) is 25.0 Å². The van der Waals surface area contributed by atoms with E-state index in [9.17, 15) is 10.0 Å². The summed E-state index contributed by atoms with van der Waals surface area (Å²) in [5, 5.41) is 18.8. The van der Waals surface area contributed by atoms with Gasteiger partial charge in [0.2, 0.25) is 0 Å². The second kappa shape index (κ2) is 7.19. The molecule has 0 aliphatic carbocycles. The van der Waals surface area contributed by atoms with Crippen LogP contribution in [0.2, 0.25) is 0 Å². The van der Waals surface area contributed by atoms with Gasteiger partial charge in [-0.25, -0.2) is 0 Å². The highest BCUT2D eigenvalue weighted by molar-refractivity contribution is 6.60. The fourth-order valence-corrected chi connectivity index (χ4v) is 1.45. The highest BCUT2D eigenvalue weighted by Gasteiger charge is 2.22. The van der Waals surface area contributed by atoms with Crippen LogP contribution < -0.4 is 14.9 Å². The average Bonchev–Trinajstić information content (AvgIpc) is 2.33. The van der Waals surface area contributed by atoms with Crippen LogP contribution in [0, 0.1) is 0 Å². The first-order chi connectivity index (χ1) is 8.20. The molecule has 5 heteroatoms. The molecule has 0 aliphatic heterocycles. The van der Waals surface area contributed by atoms with Gasteiger partial charge in [0, 0.05) is 0 Å². The summed E-state index contributed by atoms with van der Waals surface area (Å²) in [7, 11) is -1.59. The van der Waals surface area contributed by atoms with Gasteiger partial charge >= 0.3 is 7.12 Å². The van der Waals surface area contributed by atoms with Crippen LogP contribution >= 0.6 is 0 Å². The standard InChI is InChI=1S/C12H19BO4/c1-3-8-16-10-6-5-7-11(17-9-4-2)12(10)13(14)15/h5-7,14-15H,3-4,8-9H2,1-2H3. The smallest absolute Gasteiger partial charge is 0.494 e. The Hall–Kier alpha value is -1.20. The third-order valence-corrected chi connectivity index (χ3v) is 2.21. The quantitative estimate of drug-likeness (QED) is 0.694. The summed E-state index contributed by atoms with van der Waals surface area (Å²) in [5.74, 6) is 0.936. The Morgan fingerprint density at radius 3 is 1.82 bits per heavy atom. The number of hydrogen-bond acceptors (Lipinski definition) is 4. The number of ether oxygens (including phenoxy) is 2. The van der Waals surface area contributed by atoms with E-state index < -0.39 is 7.12 Å². The summed E-state index contributed by atoms with van der Waals surface area (Å²) in [6.45, 7) is 5.06. The maximum atomic E-state index is 9.38. The minimum absolute atomic E-state index is 0.300. The molecular formula is C12H19BO4. The van der Waals surface area contributed by atoms with Crippen LogP contribution in [-0.4, -0.2) is 30.4 Å². The van der Waals surface area contributed by atoms with E-state index in [0.29, 0.717) is 30.2 Å². The Bertz CT molecular complexity index is 315. The molecule has 0 unspecified atom stereocenters. The van der Waals surface area contributed by atoms with E-state index in [1.54, 1.807) is 18.2 Å². The van der Waals surface area contributed by atoms with E-state index in [4.69, 9.17) is 9.47 Å². The predicted molar refractivity (Wildman–Crippen MR) is 67.8 cm³/mol. The zero-order chi connectivity index (χ0) is 12.7. The van der Waals surface area contributed by atoms with Gasteiger partial charge in [0.1, 0.15) is 11.5 Å². The molecule has 0 saturated heterocycles. The van der Waals surface area contributed by atoms with Gasteiger partial charge < -0.3 is 19.5 Å². The van der Waals surface area contributed by atoms with Crippen molar-refractivity contribution in [3.05, 3.63) is 18.2 Å². The molecule has 94 valence electrons. The molecule has 0 atom stereocenters. The van der Waals surface area contributed by atoms with Gasteiger partial charge in [-0.15, -0.1) is 0 Å². The minimum Gasteiger partial charge on any atom is -0.494 e. The van der Waals surface area contributed by atoms with Crippen LogP contribution in [0.15, 0.2) is 18.2 Å². The van der Waals surface area contributed by atoms with Gasteiger partial charge in [-0.1, -0.05) is 19.9 Å².